The van der Waals surface area contributed by atoms with Crippen molar-refractivity contribution < 1.29 is 0 Å². The van der Waals surface area contributed by atoms with Crippen LogP contribution in [0.25, 0.3) is 11.3 Å². The third-order valence-corrected chi connectivity index (χ3v) is 7.00. The number of nitrogens with one attached hydrogen (secondary N) is 2. The zero-order chi connectivity index (χ0) is 21.0. The maximum absolute atomic E-state index is 4.54. The fourth-order valence-corrected chi connectivity index (χ4v) is 4.76. The molecule has 0 spiro atoms. The molecule has 1 aliphatic carbocycles. The minimum Gasteiger partial charge on any atom is -0.375 e. The van der Waals surface area contributed by atoms with Crippen LogP contribution in [-0.4, -0.2) is 31.6 Å². The van der Waals surface area contributed by atoms with Crippen LogP contribution in [0.4, 0.5) is 0 Å². The first-order valence-electron chi connectivity index (χ1n) is 11.3. The van der Waals surface area contributed by atoms with E-state index in [1.807, 2.05) is 0 Å². The molecule has 2 N–H and O–H groups in total. The predicted octanol–water partition coefficient (Wildman–Crippen LogP) is 5.39. The Hall–Kier alpha value is -1.23. The van der Waals surface area contributed by atoms with E-state index in [1.165, 1.54) is 40.7 Å². The van der Waals surface area contributed by atoms with Crippen molar-refractivity contribution in [2.75, 3.05) is 26.7 Å². The monoisotopic (exact) mass is 413 g/mol. The van der Waals surface area contributed by atoms with Crippen molar-refractivity contribution in [3.8, 4) is 0 Å². The minimum atomic E-state index is 0.0306. The number of nitrogens with zero attached hydrogens (tertiary/aromatic N) is 1. The van der Waals surface area contributed by atoms with Crippen molar-refractivity contribution in [1.82, 2.24) is 14.9 Å². The topological polar surface area (TPSA) is 27.3 Å². The molecule has 0 bridgehead atoms. The van der Waals surface area contributed by atoms with Crippen LogP contribution in [-0.2, 0) is 12.0 Å². The van der Waals surface area contributed by atoms with Crippen LogP contribution in [0.3, 0.4) is 0 Å². The van der Waals surface area contributed by atoms with E-state index in [2.05, 4.69) is 80.4 Å². The molecule has 1 aromatic rings. The Morgan fingerprint density at radius 1 is 1.34 bits per heavy atom. The third-order valence-electron chi connectivity index (χ3n) is 6.58. The highest BCUT2D eigenvalue weighted by atomic mass is 32.1. The maximum Gasteiger partial charge on any atom is 0.0531 e. The van der Waals surface area contributed by atoms with Gasteiger partial charge in [-0.2, -0.15) is 0 Å². The van der Waals surface area contributed by atoms with Crippen LogP contribution in [0.5, 0.6) is 0 Å². The molecule has 1 saturated carbocycles. The van der Waals surface area contributed by atoms with E-state index in [4.69, 9.17) is 0 Å². The van der Waals surface area contributed by atoms with Crippen LogP contribution in [0.1, 0.15) is 75.1 Å². The fourth-order valence-electron chi connectivity index (χ4n) is 4.41. The largest absolute Gasteiger partial charge is 0.375 e. The van der Waals surface area contributed by atoms with E-state index < -0.39 is 0 Å². The number of hydrogen-bond donors (Lipinski definition) is 3. The molecule has 0 aromatic heterocycles. The maximum atomic E-state index is 4.54. The van der Waals surface area contributed by atoms with Crippen LogP contribution < -0.4 is 10.0 Å². The first-order chi connectivity index (χ1) is 13.9. The molecule has 0 unspecified atom stereocenters. The van der Waals surface area contributed by atoms with Crippen molar-refractivity contribution in [2.45, 2.75) is 64.8 Å². The zero-order valence-corrected chi connectivity index (χ0v) is 19.7. The zero-order valence-electron chi connectivity index (χ0n) is 18.8. The van der Waals surface area contributed by atoms with E-state index >= 15 is 0 Å². The van der Waals surface area contributed by atoms with Crippen molar-refractivity contribution in [2.24, 2.45) is 5.92 Å². The van der Waals surface area contributed by atoms with Gasteiger partial charge >= 0.3 is 0 Å². The van der Waals surface area contributed by atoms with Gasteiger partial charge in [-0.05, 0) is 85.4 Å². The van der Waals surface area contributed by atoms with Gasteiger partial charge in [0.25, 0.3) is 0 Å². The average Bonchev–Trinajstić information content (AvgIpc) is 3.54. The lowest BCUT2D eigenvalue weighted by Crippen LogP contribution is -2.24. The standard InChI is InChI=1S/C25H39N3S/c1-6-22-23(19(4)28(5)15-7-8-18(2)3)16-21(25(27-29)11-12-25)17-24(22)20-9-13-26-14-10-20/h9,16-18,26-27,29H,4,6-8,10-15H2,1-3,5H3. The Kier molecular flexibility index (Phi) is 7.53. The van der Waals surface area contributed by atoms with E-state index in [1.54, 1.807) is 0 Å². The minimum absolute atomic E-state index is 0.0306. The van der Waals surface area contributed by atoms with E-state index in [0.29, 0.717) is 0 Å². The summed E-state index contributed by atoms with van der Waals surface area (Å²) in [7, 11) is 2.20. The average molecular weight is 414 g/mol. The molecule has 1 aliphatic heterocycles. The Morgan fingerprint density at radius 2 is 2.10 bits per heavy atom. The third kappa shape index (κ3) is 5.10. The summed E-state index contributed by atoms with van der Waals surface area (Å²) < 4.78 is 3.30. The van der Waals surface area contributed by atoms with Gasteiger partial charge in [0.1, 0.15) is 0 Å². The summed E-state index contributed by atoms with van der Waals surface area (Å²) in [5.41, 5.74) is 8.22. The molecule has 4 heteroatoms. The second kappa shape index (κ2) is 9.72. The number of thiol groups is 1. The van der Waals surface area contributed by atoms with Gasteiger partial charge in [-0.25, -0.2) is 0 Å². The van der Waals surface area contributed by atoms with Gasteiger partial charge in [0.05, 0.1) is 5.54 Å². The molecule has 29 heavy (non-hydrogen) atoms. The van der Waals surface area contributed by atoms with Crippen molar-refractivity contribution in [1.29, 1.82) is 0 Å². The molecule has 2 aliphatic rings. The number of hydrogen-bond acceptors (Lipinski definition) is 4. The Labute approximate surface area is 183 Å². The van der Waals surface area contributed by atoms with E-state index in [-0.39, 0.29) is 5.54 Å². The molecule has 0 amide bonds. The number of benzene rings is 1. The van der Waals surface area contributed by atoms with Gasteiger partial charge in [-0.3, -0.25) is 4.72 Å². The molecule has 1 fully saturated rings. The van der Waals surface area contributed by atoms with E-state index in [9.17, 15) is 0 Å². The second-order valence-electron chi connectivity index (χ2n) is 9.19. The van der Waals surface area contributed by atoms with Gasteiger partial charge in [0.15, 0.2) is 0 Å². The van der Waals surface area contributed by atoms with Crippen molar-refractivity contribution in [3.05, 3.63) is 47.0 Å². The summed E-state index contributed by atoms with van der Waals surface area (Å²) in [6.45, 7) is 14.5. The Balaban J connectivity index is 1.99. The van der Waals surface area contributed by atoms with Crippen LogP contribution in [0.2, 0.25) is 0 Å². The molecule has 0 radical (unpaired) electrons. The van der Waals surface area contributed by atoms with Crippen LogP contribution >= 0.6 is 12.8 Å². The van der Waals surface area contributed by atoms with Gasteiger partial charge < -0.3 is 10.2 Å². The fraction of sp³-hybridized carbons (Fsp3) is 0.600. The molecular weight excluding hydrogens is 374 g/mol. The molecule has 3 rings (SSSR count). The Bertz CT molecular complexity index is 762. The lowest BCUT2D eigenvalue weighted by atomic mass is 9.86. The molecule has 0 saturated heterocycles. The summed E-state index contributed by atoms with van der Waals surface area (Å²) in [5.74, 6) is 0.751. The first kappa shape index (κ1) is 22.5. The molecular formula is C25H39N3S. The number of rotatable bonds is 10. The SMILES string of the molecule is C=C(c1cc(C2(NS)CC2)cc(C2=CCNCC2)c1CC)N(C)CCCC(C)C. The lowest BCUT2D eigenvalue weighted by molar-refractivity contribution is 0.430. The highest BCUT2D eigenvalue weighted by Gasteiger charge is 2.44. The second-order valence-corrected chi connectivity index (χ2v) is 9.41. The molecule has 3 nitrogen and oxygen atoms in total. The summed E-state index contributed by atoms with van der Waals surface area (Å²) >= 11 is 4.47. The summed E-state index contributed by atoms with van der Waals surface area (Å²) in [4.78, 5) is 2.36. The summed E-state index contributed by atoms with van der Waals surface area (Å²) in [6, 6.07) is 4.82. The van der Waals surface area contributed by atoms with Crippen LogP contribution in [0.15, 0.2) is 24.8 Å². The highest BCUT2D eigenvalue weighted by Crippen LogP contribution is 2.48. The molecule has 1 aromatic carbocycles. The Morgan fingerprint density at radius 3 is 2.66 bits per heavy atom. The van der Waals surface area contributed by atoms with Gasteiger partial charge in [0, 0.05) is 31.4 Å². The lowest BCUT2D eigenvalue weighted by Gasteiger charge is -2.28. The normalized spacial score (nSPS) is 17.9. The van der Waals surface area contributed by atoms with E-state index in [0.717, 1.165) is 56.9 Å². The van der Waals surface area contributed by atoms with Gasteiger partial charge in [0.2, 0.25) is 0 Å². The van der Waals surface area contributed by atoms with Crippen LogP contribution in [0, 0.1) is 5.92 Å². The van der Waals surface area contributed by atoms with Gasteiger partial charge in [-0.1, -0.05) is 46.2 Å². The molecule has 1 heterocycles. The molecule has 160 valence electrons. The highest BCUT2D eigenvalue weighted by molar-refractivity contribution is 7.78. The quantitative estimate of drug-likeness (QED) is 0.449. The van der Waals surface area contributed by atoms with Crippen molar-refractivity contribution >= 4 is 24.1 Å². The van der Waals surface area contributed by atoms with Crippen molar-refractivity contribution in [3.63, 3.8) is 0 Å². The van der Waals surface area contributed by atoms with Gasteiger partial charge in [-0.15, -0.1) is 0 Å². The first-order valence-corrected chi connectivity index (χ1v) is 11.8. The summed E-state index contributed by atoms with van der Waals surface area (Å²) in [5, 5.41) is 3.45. The smallest absolute Gasteiger partial charge is 0.0531 e. The predicted molar refractivity (Wildman–Crippen MR) is 130 cm³/mol. The summed E-state index contributed by atoms with van der Waals surface area (Å²) in [6.07, 6.45) is 9.25. The molecule has 0 atom stereocenters.